The van der Waals surface area contributed by atoms with Gasteiger partial charge in [0.05, 0.1) is 22.4 Å². The molecule has 0 bridgehead atoms. The number of amides is 1. The number of likely N-dealkylation sites (tertiary alicyclic amines) is 1. The Morgan fingerprint density at radius 3 is 2.82 bits per heavy atom. The fourth-order valence-corrected chi connectivity index (χ4v) is 4.80. The topological polar surface area (TPSA) is 67.4 Å². The number of thiazole rings is 1. The number of carbonyl (C=O) groups excluding carboxylic acids is 1. The highest BCUT2D eigenvalue weighted by Crippen LogP contribution is 2.39. The molecule has 2 fully saturated rings. The molecule has 2 aliphatic rings. The van der Waals surface area contributed by atoms with Crippen molar-refractivity contribution in [3.8, 4) is 0 Å². The lowest BCUT2D eigenvalue weighted by molar-refractivity contribution is -0.0765. The minimum absolute atomic E-state index is 0.0108. The van der Waals surface area contributed by atoms with E-state index < -0.39 is 0 Å². The van der Waals surface area contributed by atoms with E-state index in [0.717, 1.165) is 61.7 Å². The van der Waals surface area contributed by atoms with Crippen LogP contribution in [0.4, 0.5) is 0 Å². The molecule has 2 aliphatic heterocycles. The molecule has 1 spiro atoms. The molecule has 2 aromatic rings. The molecule has 0 aliphatic carbocycles. The molecule has 1 atom stereocenters. The molecule has 6 nitrogen and oxygen atoms in total. The van der Waals surface area contributed by atoms with Gasteiger partial charge in [0.15, 0.2) is 0 Å². The van der Waals surface area contributed by atoms with E-state index in [2.05, 4.69) is 32.3 Å². The summed E-state index contributed by atoms with van der Waals surface area (Å²) in [5.41, 5.74) is 2.71. The molecule has 2 aromatic heterocycles. The summed E-state index contributed by atoms with van der Waals surface area (Å²) in [6.07, 6.45) is 4.30. The average Bonchev–Trinajstić information content (AvgIpc) is 3.29. The second kappa shape index (κ2) is 8.27. The molecule has 0 aromatic carbocycles. The van der Waals surface area contributed by atoms with E-state index in [1.54, 1.807) is 5.38 Å². The zero-order valence-electron chi connectivity index (χ0n) is 16.6. The van der Waals surface area contributed by atoms with Gasteiger partial charge in [-0.05, 0) is 51.7 Å². The molecular formula is C21H28N4O2S. The first kappa shape index (κ1) is 19.5. The van der Waals surface area contributed by atoms with Crippen LogP contribution in [0, 0.1) is 13.8 Å². The van der Waals surface area contributed by atoms with Gasteiger partial charge in [0.25, 0.3) is 5.91 Å². The summed E-state index contributed by atoms with van der Waals surface area (Å²) < 4.78 is 6.42. The van der Waals surface area contributed by atoms with Crippen molar-refractivity contribution < 1.29 is 9.53 Å². The van der Waals surface area contributed by atoms with Gasteiger partial charge in [-0.3, -0.25) is 14.7 Å². The minimum atomic E-state index is -0.102. The van der Waals surface area contributed by atoms with Crippen molar-refractivity contribution in [1.82, 2.24) is 20.2 Å². The lowest BCUT2D eigenvalue weighted by atomic mass is 9.88. The fraction of sp³-hybridized carbons (Fsp3) is 0.571. The first-order chi connectivity index (χ1) is 13.5. The predicted molar refractivity (Wildman–Crippen MR) is 110 cm³/mol. The molecule has 2 saturated heterocycles. The van der Waals surface area contributed by atoms with Gasteiger partial charge in [0, 0.05) is 37.3 Å². The van der Waals surface area contributed by atoms with Gasteiger partial charge in [0.1, 0.15) is 5.69 Å². The van der Waals surface area contributed by atoms with Crippen LogP contribution in [-0.2, 0) is 11.3 Å². The maximum Gasteiger partial charge on any atom is 0.270 e. The highest BCUT2D eigenvalue weighted by molar-refractivity contribution is 7.09. The van der Waals surface area contributed by atoms with Crippen LogP contribution >= 0.6 is 11.3 Å². The SMILES string of the molecule is Cc1cccc(CN2CCC3(CC[C@@H](CNC(=O)c4csc(C)n4)O3)CC2)n1. The first-order valence-corrected chi connectivity index (χ1v) is 10.9. The molecule has 7 heteroatoms. The number of nitrogens with one attached hydrogen (secondary N) is 1. The quantitative estimate of drug-likeness (QED) is 0.835. The van der Waals surface area contributed by atoms with Crippen LogP contribution in [-0.4, -0.2) is 52.1 Å². The standard InChI is InChI=1S/C21H28N4O2S/c1-15-4-3-5-17(23-15)13-25-10-8-21(9-11-25)7-6-18(27-21)12-22-20(26)19-14-28-16(2)24-19/h3-5,14,18H,6-13H2,1-2H3,(H,22,26)/t18-/m0/s1. The van der Waals surface area contributed by atoms with Crippen LogP contribution in [0.15, 0.2) is 23.6 Å². The van der Waals surface area contributed by atoms with Crippen LogP contribution in [0.25, 0.3) is 0 Å². The smallest absolute Gasteiger partial charge is 0.270 e. The van der Waals surface area contributed by atoms with Crippen LogP contribution in [0.1, 0.15) is 52.6 Å². The zero-order valence-corrected chi connectivity index (χ0v) is 17.4. The van der Waals surface area contributed by atoms with Crippen LogP contribution in [0.5, 0.6) is 0 Å². The third-order valence-corrected chi connectivity index (χ3v) is 6.55. The second-order valence-electron chi connectivity index (χ2n) is 7.97. The zero-order chi connectivity index (χ0) is 19.6. The van der Waals surface area contributed by atoms with Gasteiger partial charge in [-0.2, -0.15) is 0 Å². The van der Waals surface area contributed by atoms with E-state index in [1.807, 2.05) is 19.9 Å². The van der Waals surface area contributed by atoms with Gasteiger partial charge < -0.3 is 10.1 Å². The number of aromatic nitrogens is 2. The van der Waals surface area contributed by atoms with Gasteiger partial charge in [-0.25, -0.2) is 4.98 Å². The number of carbonyl (C=O) groups is 1. The van der Waals surface area contributed by atoms with Crippen molar-refractivity contribution in [2.75, 3.05) is 19.6 Å². The summed E-state index contributed by atoms with van der Waals surface area (Å²) in [4.78, 5) is 23.5. The number of hydrogen-bond acceptors (Lipinski definition) is 6. The number of aryl methyl sites for hydroxylation is 2. The Morgan fingerprint density at radius 2 is 2.11 bits per heavy atom. The van der Waals surface area contributed by atoms with Crippen molar-refractivity contribution >= 4 is 17.2 Å². The Balaban J connectivity index is 1.23. The number of pyridine rings is 1. The second-order valence-corrected chi connectivity index (χ2v) is 9.03. The first-order valence-electron chi connectivity index (χ1n) is 10.0. The monoisotopic (exact) mass is 400 g/mol. The Hall–Kier alpha value is -1.83. The number of rotatable bonds is 5. The van der Waals surface area contributed by atoms with E-state index >= 15 is 0 Å². The maximum atomic E-state index is 12.2. The third-order valence-electron chi connectivity index (χ3n) is 5.78. The molecule has 0 unspecified atom stereocenters. The average molecular weight is 401 g/mol. The van der Waals surface area contributed by atoms with E-state index in [4.69, 9.17) is 4.74 Å². The van der Waals surface area contributed by atoms with Crippen LogP contribution in [0.2, 0.25) is 0 Å². The molecule has 4 heterocycles. The molecule has 1 amide bonds. The summed E-state index contributed by atoms with van der Waals surface area (Å²) in [5.74, 6) is -0.102. The molecular weight excluding hydrogens is 372 g/mol. The number of nitrogens with zero attached hydrogens (tertiary/aromatic N) is 3. The summed E-state index contributed by atoms with van der Waals surface area (Å²) >= 11 is 1.50. The van der Waals surface area contributed by atoms with E-state index in [-0.39, 0.29) is 17.6 Å². The van der Waals surface area contributed by atoms with Gasteiger partial charge >= 0.3 is 0 Å². The Morgan fingerprint density at radius 1 is 1.29 bits per heavy atom. The van der Waals surface area contributed by atoms with Crippen LogP contribution in [0.3, 0.4) is 0 Å². The lowest BCUT2D eigenvalue weighted by Gasteiger charge is -2.39. The van der Waals surface area contributed by atoms with Crippen molar-refractivity contribution in [3.05, 3.63) is 45.7 Å². The Kier molecular flexibility index (Phi) is 5.75. The molecule has 0 radical (unpaired) electrons. The summed E-state index contributed by atoms with van der Waals surface area (Å²) in [5, 5.41) is 5.70. The van der Waals surface area contributed by atoms with E-state index in [0.29, 0.717) is 12.2 Å². The van der Waals surface area contributed by atoms with Crippen molar-refractivity contribution in [3.63, 3.8) is 0 Å². The van der Waals surface area contributed by atoms with Gasteiger partial charge in [-0.15, -0.1) is 11.3 Å². The number of ether oxygens (including phenoxy) is 1. The predicted octanol–water partition coefficient (Wildman–Crippen LogP) is 3.10. The Labute approximate surface area is 170 Å². The fourth-order valence-electron chi connectivity index (χ4n) is 4.21. The number of piperidine rings is 1. The molecule has 150 valence electrons. The molecule has 28 heavy (non-hydrogen) atoms. The largest absolute Gasteiger partial charge is 0.370 e. The Bertz CT molecular complexity index is 829. The van der Waals surface area contributed by atoms with Gasteiger partial charge in [0.2, 0.25) is 0 Å². The molecule has 0 saturated carbocycles. The number of hydrogen-bond donors (Lipinski definition) is 1. The molecule has 4 rings (SSSR count). The van der Waals surface area contributed by atoms with Crippen molar-refractivity contribution in [2.24, 2.45) is 0 Å². The summed E-state index contributed by atoms with van der Waals surface area (Å²) in [7, 11) is 0. The lowest BCUT2D eigenvalue weighted by Crippen LogP contribution is -2.45. The summed E-state index contributed by atoms with van der Waals surface area (Å²) in [6.45, 7) is 7.49. The highest BCUT2D eigenvalue weighted by atomic mass is 32.1. The minimum Gasteiger partial charge on any atom is -0.370 e. The van der Waals surface area contributed by atoms with Crippen molar-refractivity contribution in [1.29, 1.82) is 0 Å². The van der Waals surface area contributed by atoms with E-state index in [1.165, 1.54) is 11.3 Å². The maximum absolute atomic E-state index is 12.2. The molecule has 1 N–H and O–H groups in total. The normalized spacial score (nSPS) is 21.9. The van der Waals surface area contributed by atoms with Crippen molar-refractivity contribution in [2.45, 2.75) is 57.8 Å². The third kappa shape index (κ3) is 4.59. The van der Waals surface area contributed by atoms with E-state index in [9.17, 15) is 4.79 Å². The van der Waals surface area contributed by atoms with Gasteiger partial charge in [-0.1, -0.05) is 6.07 Å². The van der Waals surface area contributed by atoms with Crippen LogP contribution < -0.4 is 5.32 Å². The summed E-state index contributed by atoms with van der Waals surface area (Å²) in [6, 6.07) is 6.22. The highest BCUT2D eigenvalue weighted by Gasteiger charge is 2.42.